The summed E-state index contributed by atoms with van der Waals surface area (Å²) in [5, 5.41) is 0. The van der Waals surface area contributed by atoms with Crippen LogP contribution in [0.5, 0.6) is 0 Å². The maximum Gasteiger partial charge on any atom is 0 e. The molecule has 1 radical (unpaired) electrons. The Kier molecular flexibility index (Phi) is 81400. The molecule has 0 aromatic carbocycles. The summed E-state index contributed by atoms with van der Waals surface area (Å²) in [6, 6.07) is 0. The van der Waals surface area contributed by atoms with Gasteiger partial charge >= 0.3 is 0 Å². The monoisotopic (exact) mass is 128 g/mol. The Morgan fingerprint density at radius 1 is 0.600 bits per heavy atom. The van der Waals surface area contributed by atoms with E-state index in [1.807, 2.05) is 0 Å². The van der Waals surface area contributed by atoms with Crippen LogP contribution in [-0.2, 0) is 17.1 Å². The Morgan fingerprint density at radius 3 is 0.600 bits per heavy atom. The van der Waals surface area contributed by atoms with Crippen LogP contribution < -0.4 is 4.70 Å². The van der Waals surface area contributed by atoms with E-state index in [1.54, 1.807) is 0 Å². The normalized spacial score (nSPS) is 0. The van der Waals surface area contributed by atoms with Gasteiger partial charge in [-0.3, -0.25) is 0 Å². The predicted molar refractivity (Wildman–Crippen MR) is 10.8 cm³/mol. The Labute approximate surface area is 39.1 Å². The van der Waals surface area contributed by atoms with Gasteiger partial charge in [0.25, 0.3) is 0 Å². The number of hydrogen-bond acceptors (Lipinski definition) is 0. The zero-order chi connectivity index (χ0) is 0. The van der Waals surface area contributed by atoms with Crippen LogP contribution in [0.3, 0.4) is 0 Å². The third-order valence-corrected chi connectivity index (χ3v) is 0. The molecule has 0 bridgehead atoms. The zero-order valence-electron chi connectivity index (χ0n) is 2.26. The number of rotatable bonds is 0. The van der Waals surface area contributed by atoms with Gasteiger partial charge in [0, 0.05) is 17.1 Å². The second-order valence-corrected chi connectivity index (χ2v) is 0. The van der Waals surface area contributed by atoms with Crippen molar-refractivity contribution in [3.8, 4) is 0 Å². The van der Waals surface area contributed by atoms with E-state index in [-0.39, 0.29) is 38.2 Å². The third-order valence-electron chi connectivity index (χ3n) is 0. The van der Waals surface area contributed by atoms with E-state index in [0.717, 1.165) is 0 Å². The molecular weight excluding hydrogens is 122 g/mol. The molecule has 0 aromatic rings. The topological polar surface area (TPSA) is 94.5 Å². The maximum atomic E-state index is 0. The Morgan fingerprint density at radius 2 is 0.600 bits per heavy atom. The molecule has 5 heteroatoms. The summed E-state index contributed by atoms with van der Waals surface area (Å²) < 4.78 is 0. The molecule has 3 nitrogen and oxygen atoms in total. The molecule has 39 valence electrons. The zero-order valence-corrected chi connectivity index (χ0v) is 3.44. The van der Waals surface area contributed by atoms with Crippen LogP contribution in [0, 0.1) is 0 Å². The van der Waals surface area contributed by atoms with Crippen LogP contribution in [0.2, 0.25) is 0 Å². The second-order valence-electron chi connectivity index (χ2n) is 0. The summed E-state index contributed by atoms with van der Waals surface area (Å²) >= 11 is 0. The molecule has 0 aliphatic heterocycles. The van der Waals surface area contributed by atoms with Crippen molar-refractivity contribution < 1.29 is 38.2 Å². The molecule has 0 aromatic heterocycles. The Hall–Kier alpha value is 0.329. The summed E-state index contributed by atoms with van der Waals surface area (Å²) in [6.45, 7) is 0. The quantitative estimate of drug-likeness (QED) is 0.291. The first-order valence-electron chi connectivity index (χ1n) is 0. The minimum absolute atomic E-state index is 0. The van der Waals surface area contributed by atoms with Crippen LogP contribution in [0.4, 0.5) is 0 Å². The van der Waals surface area contributed by atoms with Crippen molar-refractivity contribution in [2.45, 2.75) is 0 Å². The van der Waals surface area contributed by atoms with E-state index in [1.165, 1.54) is 0 Å². The van der Waals surface area contributed by atoms with Crippen molar-refractivity contribution in [1.29, 1.82) is 0 Å². The fourth-order valence-electron chi connectivity index (χ4n) is 0. The minimum atomic E-state index is 0. The van der Waals surface area contributed by atoms with Gasteiger partial charge in [0.1, 0.15) is 0 Å². The molecule has 0 heterocycles. The summed E-state index contributed by atoms with van der Waals surface area (Å²) in [7, 11) is 0. The van der Waals surface area contributed by atoms with Crippen molar-refractivity contribution >= 4 is 0 Å². The molecule has 0 saturated carbocycles. The van der Waals surface area contributed by atoms with Gasteiger partial charge < -0.3 is 21.1 Å². The van der Waals surface area contributed by atoms with Crippen molar-refractivity contribution in [3.63, 3.8) is 0 Å². The van der Waals surface area contributed by atoms with E-state index in [9.17, 15) is 0 Å². The van der Waals surface area contributed by atoms with Crippen LogP contribution in [0.25, 0.3) is 0 Å². The molecule has 0 fully saturated rings. The van der Waals surface area contributed by atoms with E-state index in [4.69, 9.17) is 0 Å². The van der Waals surface area contributed by atoms with Gasteiger partial charge in [-0.15, -0.1) is 0 Å². The first kappa shape index (κ1) is 920. The number of halogens is 1. The molecule has 0 aliphatic rings. The summed E-state index contributed by atoms with van der Waals surface area (Å²) in [4.78, 5) is 0. The van der Waals surface area contributed by atoms with Gasteiger partial charge in [-0.05, 0) is 0 Å². The molecule has 0 saturated heterocycles. The number of hydrogen-bond donors (Lipinski definition) is 0. The van der Waals surface area contributed by atoms with Crippen LogP contribution >= 0.6 is 0 Å². The van der Waals surface area contributed by atoms with Crippen molar-refractivity contribution in [2.24, 2.45) is 0 Å². The Bertz CT molecular complexity index is 6.85. The molecule has 0 aliphatic carbocycles. The van der Waals surface area contributed by atoms with E-state index < -0.39 is 0 Å². The third kappa shape index (κ3) is 216. The van der Waals surface area contributed by atoms with Gasteiger partial charge in [0.05, 0.1) is 0 Å². The summed E-state index contributed by atoms with van der Waals surface area (Å²) in [5.74, 6) is 0. The smallest absolute Gasteiger partial charge is 0 e. The Balaban J connectivity index is 0. The first-order valence-corrected chi connectivity index (χ1v) is 0. The summed E-state index contributed by atoms with van der Waals surface area (Å²) in [6.07, 6.45) is 0. The van der Waals surface area contributed by atoms with Crippen LogP contribution in [0.15, 0.2) is 0 Å². The standard InChI is InChI=1S/FH.Mn.3H2O/h1H;;3*1H2/p-1. The SMILES string of the molecule is O.O.O.[F-].[Mn]. The van der Waals surface area contributed by atoms with Crippen molar-refractivity contribution in [1.82, 2.24) is 0 Å². The second kappa shape index (κ2) is 442. The molecule has 0 unspecified atom stereocenters. The molecule has 6 N–H and O–H groups in total. The van der Waals surface area contributed by atoms with E-state index in [2.05, 4.69) is 0 Å². The summed E-state index contributed by atoms with van der Waals surface area (Å²) in [5.41, 5.74) is 0. The molecular formula is H6FMnO3-. The fraction of sp³-hybridized carbons (Fsp3) is 0. The predicted octanol–water partition coefficient (Wildman–Crippen LogP) is -5.47. The van der Waals surface area contributed by atoms with Gasteiger partial charge in [0.15, 0.2) is 0 Å². The van der Waals surface area contributed by atoms with Gasteiger partial charge in [0.2, 0.25) is 0 Å². The molecule has 5 heavy (non-hydrogen) atoms. The van der Waals surface area contributed by atoms with E-state index >= 15 is 0 Å². The van der Waals surface area contributed by atoms with Crippen LogP contribution in [0.1, 0.15) is 0 Å². The maximum absolute atomic E-state index is 0. The van der Waals surface area contributed by atoms with Crippen LogP contribution in [-0.4, -0.2) is 16.4 Å². The first-order chi connectivity index (χ1) is 0. The fourth-order valence-corrected chi connectivity index (χ4v) is 0. The molecule has 0 spiro atoms. The minimum Gasteiger partial charge on any atom is -1.00 e. The van der Waals surface area contributed by atoms with Crippen molar-refractivity contribution in [2.75, 3.05) is 0 Å². The van der Waals surface area contributed by atoms with Gasteiger partial charge in [-0.2, -0.15) is 0 Å². The molecule has 0 atom stereocenters. The average Bonchev–Trinajstić information content (AvgIpc) is 0. The largest absolute Gasteiger partial charge is 1.00 e. The van der Waals surface area contributed by atoms with Gasteiger partial charge in [-0.25, -0.2) is 0 Å². The molecule has 0 rings (SSSR count). The van der Waals surface area contributed by atoms with E-state index in [0.29, 0.717) is 0 Å². The van der Waals surface area contributed by atoms with Crippen molar-refractivity contribution in [3.05, 3.63) is 0 Å². The molecule has 0 amide bonds. The van der Waals surface area contributed by atoms with Gasteiger partial charge in [-0.1, -0.05) is 0 Å². The average molecular weight is 128 g/mol.